The Labute approximate surface area is 241 Å². The van der Waals surface area contributed by atoms with Crippen molar-refractivity contribution in [2.75, 3.05) is 13.1 Å². The van der Waals surface area contributed by atoms with E-state index in [9.17, 15) is 9.18 Å². The van der Waals surface area contributed by atoms with Crippen LogP contribution < -0.4 is 5.32 Å². The van der Waals surface area contributed by atoms with Crippen molar-refractivity contribution in [1.82, 2.24) is 34.5 Å². The summed E-state index contributed by atoms with van der Waals surface area (Å²) in [5, 5.41) is 7.61. The number of amides is 1. The Hall–Kier alpha value is -4.70. The minimum atomic E-state index is -1.06. The van der Waals surface area contributed by atoms with Crippen LogP contribution in [0.5, 0.6) is 0 Å². The molecule has 4 heterocycles. The van der Waals surface area contributed by atoms with Crippen LogP contribution in [-0.2, 0) is 11.2 Å². The third kappa shape index (κ3) is 4.67. The molecule has 0 spiro atoms. The van der Waals surface area contributed by atoms with Gasteiger partial charge >= 0.3 is 0 Å². The molecular formula is C32H29F2N7O. The Balaban J connectivity index is 1.24. The monoisotopic (exact) mass is 565 g/mol. The number of halogens is 2. The minimum absolute atomic E-state index is 0.0594. The number of nitrogens with one attached hydrogen (secondary N) is 1. The van der Waals surface area contributed by atoms with E-state index in [0.717, 1.165) is 41.4 Å². The summed E-state index contributed by atoms with van der Waals surface area (Å²) < 4.78 is 32.6. The maximum absolute atomic E-state index is 15.5. The molecule has 7 rings (SSSR count). The maximum Gasteiger partial charge on any atom is 0.245 e. The third-order valence-corrected chi connectivity index (χ3v) is 8.20. The molecule has 2 aromatic carbocycles. The minimum Gasteiger partial charge on any atom is -0.339 e. The van der Waals surface area contributed by atoms with Gasteiger partial charge in [-0.1, -0.05) is 43.0 Å². The molecule has 0 saturated carbocycles. The molecule has 1 N–H and O–H groups in total. The number of likely N-dealkylation sites (tertiary alicyclic amines) is 1. The summed E-state index contributed by atoms with van der Waals surface area (Å²) in [7, 11) is 0. The molecule has 10 heteroatoms. The van der Waals surface area contributed by atoms with Gasteiger partial charge in [-0.05, 0) is 54.3 Å². The average Bonchev–Trinajstić information content (AvgIpc) is 3.71. The molecule has 1 saturated heterocycles. The lowest BCUT2D eigenvalue weighted by Gasteiger charge is -2.34. The van der Waals surface area contributed by atoms with Crippen molar-refractivity contribution < 1.29 is 13.6 Å². The van der Waals surface area contributed by atoms with E-state index in [1.165, 1.54) is 17.0 Å². The Morgan fingerprint density at radius 3 is 2.60 bits per heavy atom. The summed E-state index contributed by atoms with van der Waals surface area (Å²) in [6.07, 6.45) is 4.54. The molecule has 1 unspecified atom stereocenters. The predicted octanol–water partition coefficient (Wildman–Crippen LogP) is 5.11. The highest BCUT2D eigenvalue weighted by Gasteiger charge is 2.35. The van der Waals surface area contributed by atoms with Crippen molar-refractivity contribution in [1.29, 1.82) is 0 Å². The highest BCUT2D eigenvalue weighted by molar-refractivity contribution is 5.87. The second kappa shape index (κ2) is 10.6. The summed E-state index contributed by atoms with van der Waals surface area (Å²) in [6.45, 7) is 4.84. The summed E-state index contributed by atoms with van der Waals surface area (Å²) in [5.41, 5.74) is 4.87. The number of hydrogen-bond acceptors (Lipinski definition) is 5. The topological polar surface area (TPSA) is 80.9 Å². The molecule has 5 aromatic rings. The number of pyridine rings is 1. The van der Waals surface area contributed by atoms with Gasteiger partial charge < -0.3 is 10.2 Å². The molecule has 42 heavy (non-hydrogen) atoms. The van der Waals surface area contributed by atoms with Gasteiger partial charge in [0, 0.05) is 36.8 Å². The zero-order chi connectivity index (χ0) is 28.8. The van der Waals surface area contributed by atoms with Gasteiger partial charge in [0.15, 0.2) is 17.3 Å². The summed E-state index contributed by atoms with van der Waals surface area (Å²) >= 11 is 0. The first-order valence-corrected chi connectivity index (χ1v) is 14.1. The summed E-state index contributed by atoms with van der Waals surface area (Å²) in [4.78, 5) is 23.5. The third-order valence-electron chi connectivity index (χ3n) is 8.20. The zero-order valence-corrected chi connectivity index (χ0v) is 22.8. The van der Waals surface area contributed by atoms with Crippen molar-refractivity contribution in [3.05, 3.63) is 103 Å². The van der Waals surface area contributed by atoms with Crippen molar-refractivity contribution in [2.24, 2.45) is 0 Å². The fourth-order valence-electron chi connectivity index (χ4n) is 6.10. The second-order valence-corrected chi connectivity index (χ2v) is 10.8. The molecule has 2 aliphatic rings. The van der Waals surface area contributed by atoms with E-state index in [4.69, 9.17) is 9.97 Å². The molecule has 0 radical (unpaired) electrons. The quantitative estimate of drug-likeness (QED) is 0.290. The fourth-order valence-corrected chi connectivity index (χ4v) is 6.10. The SMILES string of the molecule is C=CC(=O)N1CCC(N[C@@H]2c3ccc(-n4c(-c5ccccc5)nc5ccc(-n6cc(F)cn6)nc54)cc3CC2F)CC1. The van der Waals surface area contributed by atoms with Gasteiger partial charge in [-0.25, -0.2) is 23.4 Å². The summed E-state index contributed by atoms with van der Waals surface area (Å²) in [6, 6.07) is 19.1. The number of carbonyl (C=O) groups is 1. The first-order valence-electron chi connectivity index (χ1n) is 14.1. The lowest BCUT2D eigenvalue weighted by Crippen LogP contribution is -2.46. The first-order chi connectivity index (χ1) is 20.5. The molecule has 212 valence electrons. The molecule has 2 atom stereocenters. The highest BCUT2D eigenvalue weighted by atomic mass is 19.1. The highest BCUT2D eigenvalue weighted by Crippen LogP contribution is 2.37. The molecule has 1 fully saturated rings. The Kier molecular flexibility index (Phi) is 6.62. The Morgan fingerprint density at radius 1 is 1.05 bits per heavy atom. The van der Waals surface area contributed by atoms with E-state index >= 15 is 4.39 Å². The van der Waals surface area contributed by atoms with Gasteiger partial charge in [0.2, 0.25) is 5.91 Å². The molecule has 1 amide bonds. The summed E-state index contributed by atoms with van der Waals surface area (Å²) in [5.74, 6) is 0.652. The maximum atomic E-state index is 15.5. The fraction of sp³-hybridized carbons (Fsp3) is 0.250. The van der Waals surface area contributed by atoms with Crippen molar-refractivity contribution in [3.8, 4) is 22.9 Å². The van der Waals surface area contributed by atoms with Gasteiger partial charge in [0.1, 0.15) is 17.5 Å². The standard InChI is InChI=1S/C32H29F2N7O/c1-2-29(42)39-14-12-23(13-15-39)36-30-25-9-8-24(16-21(25)17-26(30)34)41-31(20-6-4-3-5-7-20)37-27-10-11-28(38-32(27)41)40-19-22(33)18-35-40/h2-11,16,18-19,23,26,30,36H,1,12-15,17H2/t26?,30-/m1/s1. The number of rotatable bonds is 6. The number of alkyl halides is 1. The van der Waals surface area contributed by atoms with Crippen molar-refractivity contribution >= 4 is 17.1 Å². The van der Waals surface area contributed by atoms with Crippen molar-refractivity contribution in [3.63, 3.8) is 0 Å². The Bertz CT molecular complexity index is 1790. The predicted molar refractivity (Wildman–Crippen MR) is 156 cm³/mol. The average molecular weight is 566 g/mol. The molecule has 1 aliphatic heterocycles. The number of aromatic nitrogens is 5. The number of piperidine rings is 1. The zero-order valence-electron chi connectivity index (χ0n) is 22.8. The molecule has 0 bridgehead atoms. The van der Waals surface area contributed by atoms with E-state index < -0.39 is 18.0 Å². The van der Waals surface area contributed by atoms with E-state index in [0.29, 0.717) is 42.3 Å². The van der Waals surface area contributed by atoms with E-state index in [2.05, 4.69) is 17.0 Å². The number of fused-ring (bicyclic) bond motifs is 2. The van der Waals surface area contributed by atoms with Crippen LogP contribution in [0.3, 0.4) is 0 Å². The van der Waals surface area contributed by atoms with Gasteiger partial charge in [-0.15, -0.1) is 0 Å². The van der Waals surface area contributed by atoms with Crippen LogP contribution in [0.25, 0.3) is 34.1 Å². The number of benzene rings is 2. The lowest BCUT2D eigenvalue weighted by atomic mass is 10.0. The van der Waals surface area contributed by atoms with E-state index in [1.54, 1.807) is 11.0 Å². The molecule has 3 aromatic heterocycles. The van der Waals surface area contributed by atoms with Crippen molar-refractivity contribution in [2.45, 2.75) is 37.5 Å². The van der Waals surface area contributed by atoms with Crippen LogP contribution in [-0.4, -0.2) is 60.4 Å². The van der Waals surface area contributed by atoms with E-state index in [-0.39, 0.29) is 11.9 Å². The van der Waals surface area contributed by atoms with Crippen LogP contribution in [0.1, 0.15) is 30.0 Å². The molecule has 8 nitrogen and oxygen atoms in total. The Morgan fingerprint density at radius 2 is 1.86 bits per heavy atom. The number of carbonyl (C=O) groups excluding carboxylic acids is 1. The molecule has 1 aliphatic carbocycles. The first kappa shape index (κ1) is 26.2. The second-order valence-electron chi connectivity index (χ2n) is 10.8. The normalized spacial score (nSPS) is 18.9. The smallest absolute Gasteiger partial charge is 0.245 e. The van der Waals surface area contributed by atoms with Crippen LogP contribution in [0.2, 0.25) is 0 Å². The van der Waals surface area contributed by atoms with Gasteiger partial charge in [0.05, 0.1) is 18.4 Å². The van der Waals surface area contributed by atoms with Crippen LogP contribution in [0, 0.1) is 5.82 Å². The van der Waals surface area contributed by atoms with E-state index in [1.807, 2.05) is 59.2 Å². The van der Waals surface area contributed by atoms with Crippen LogP contribution >= 0.6 is 0 Å². The lowest BCUT2D eigenvalue weighted by molar-refractivity contribution is -0.127. The largest absolute Gasteiger partial charge is 0.339 e. The van der Waals surface area contributed by atoms with Gasteiger partial charge in [-0.2, -0.15) is 5.10 Å². The van der Waals surface area contributed by atoms with Gasteiger partial charge in [0.25, 0.3) is 0 Å². The molecular weight excluding hydrogens is 536 g/mol. The van der Waals surface area contributed by atoms with Crippen LogP contribution in [0.15, 0.2) is 85.7 Å². The number of hydrogen-bond donors (Lipinski definition) is 1. The number of nitrogens with zero attached hydrogens (tertiary/aromatic N) is 6. The van der Waals surface area contributed by atoms with Crippen LogP contribution in [0.4, 0.5) is 8.78 Å². The van der Waals surface area contributed by atoms with Gasteiger partial charge in [-0.3, -0.25) is 9.36 Å². The number of imidazole rings is 1.